The Morgan fingerprint density at radius 1 is 0.656 bits per heavy atom. The maximum Gasteiger partial charge on any atom is 0.238 e. The Labute approximate surface area is 185 Å². The predicted molar refractivity (Wildman–Crippen MR) is 121 cm³/mol. The van der Waals surface area contributed by atoms with Crippen LogP contribution in [-0.2, 0) is 9.59 Å². The Morgan fingerprint density at radius 2 is 1.12 bits per heavy atom. The van der Waals surface area contributed by atoms with E-state index in [1.807, 2.05) is 36.4 Å². The molecule has 1 heterocycles. The van der Waals surface area contributed by atoms with E-state index in [-0.39, 0.29) is 23.7 Å². The van der Waals surface area contributed by atoms with E-state index < -0.39 is 17.7 Å². The van der Waals surface area contributed by atoms with Crippen molar-refractivity contribution in [2.24, 2.45) is 23.7 Å². The lowest BCUT2D eigenvalue weighted by molar-refractivity contribution is -0.122. The molecule has 6 rings (SSSR count). The topological polar surface area (TPSA) is 37.4 Å². The number of carbonyl (C=O) groups excluding carboxylic acids is 2. The first-order chi connectivity index (χ1) is 15.6. The number of amides is 2. The first-order valence-corrected chi connectivity index (χ1v) is 10.8. The molecule has 2 bridgehead atoms. The SMILES string of the molecule is O=C1[C@@H]2[C@@H](C(=O)N1c1ccc(F)cc1)[C@H]1C=C[C@@H]2C1=C(c1ccccc1)c1ccccc1. The summed E-state index contributed by atoms with van der Waals surface area (Å²) in [4.78, 5) is 28.2. The number of carbonyl (C=O) groups is 2. The molecular weight excluding hydrogens is 401 g/mol. The fraction of sp³-hybridized carbons (Fsp3) is 0.143. The number of imide groups is 1. The highest BCUT2D eigenvalue weighted by Crippen LogP contribution is 2.58. The van der Waals surface area contributed by atoms with E-state index in [2.05, 4.69) is 36.4 Å². The van der Waals surface area contributed by atoms with Crippen LogP contribution in [0.3, 0.4) is 0 Å². The van der Waals surface area contributed by atoms with Crippen LogP contribution >= 0.6 is 0 Å². The van der Waals surface area contributed by atoms with E-state index >= 15 is 0 Å². The molecule has 4 heteroatoms. The van der Waals surface area contributed by atoms with Crippen LogP contribution in [0, 0.1) is 29.5 Å². The Hall–Kier alpha value is -3.79. The summed E-state index contributed by atoms with van der Waals surface area (Å²) in [6.45, 7) is 0. The average molecular weight is 421 g/mol. The number of hydrogen-bond acceptors (Lipinski definition) is 2. The minimum absolute atomic E-state index is 0.123. The van der Waals surface area contributed by atoms with Crippen LogP contribution < -0.4 is 4.90 Å². The molecule has 32 heavy (non-hydrogen) atoms. The van der Waals surface area contributed by atoms with Gasteiger partial charge < -0.3 is 0 Å². The van der Waals surface area contributed by atoms with Crippen LogP contribution in [-0.4, -0.2) is 11.8 Å². The van der Waals surface area contributed by atoms with Gasteiger partial charge >= 0.3 is 0 Å². The van der Waals surface area contributed by atoms with Gasteiger partial charge in [0.05, 0.1) is 17.5 Å². The standard InChI is InChI=1S/C28H20FNO2/c29-19-11-13-20(14-12-19)30-27(31)25-21-15-16-22(26(25)28(30)32)24(21)23(17-7-3-1-4-8-17)18-9-5-2-6-10-18/h1-16,21-22,25-26H/t21-,22+,25-,26-/m0/s1. The van der Waals surface area contributed by atoms with E-state index in [9.17, 15) is 14.0 Å². The largest absolute Gasteiger partial charge is 0.274 e. The van der Waals surface area contributed by atoms with E-state index in [4.69, 9.17) is 0 Å². The minimum atomic E-state index is -0.417. The first-order valence-electron chi connectivity index (χ1n) is 10.8. The second-order valence-electron chi connectivity index (χ2n) is 8.54. The van der Waals surface area contributed by atoms with Gasteiger partial charge in [0.25, 0.3) is 0 Å². The number of benzene rings is 3. The van der Waals surface area contributed by atoms with Crippen molar-refractivity contribution in [2.45, 2.75) is 0 Å². The Morgan fingerprint density at radius 3 is 1.59 bits per heavy atom. The van der Waals surface area contributed by atoms with Crippen molar-refractivity contribution in [3.63, 3.8) is 0 Å². The molecule has 3 aliphatic rings. The molecule has 2 amide bonds. The molecule has 1 aliphatic heterocycles. The van der Waals surface area contributed by atoms with Crippen molar-refractivity contribution in [3.05, 3.63) is 120 Å². The maximum absolute atomic E-state index is 13.5. The molecule has 0 radical (unpaired) electrons. The van der Waals surface area contributed by atoms with Gasteiger partial charge in [-0.25, -0.2) is 9.29 Å². The Balaban J connectivity index is 1.48. The summed E-state index contributed by atoms with van der Waals surface area (Å²) in [5, 5.41) is 0. The number of rotatable bonds is 3. The van der Waals surface area contributed by atoms with Gasteiger partial charge in [0, 0.05) is 11.8 Å². The maximum atomic E-state index is 13.5. The first kappa shape index (κ1) is 18.9. The molecule has 0 unspecified atom stereocenters. The third-order valence-corrected chi connectivity index (χ3v) is 6.91. The third kappa shape index (κ3) is 2.65. The van der Waals surface area contributed by atoms with Crippen LogP contribution in [0.4, 0.5) is 10.1 Å². The van der Waals surface area contributed by atoms with Crippen molar-refractivity contribution in [2.75, 3.05) is 4.90 Å². The molecule has 3 aromatic rings. The van der Waals surface area contributed by atoms with E-state index in [1.165, 1.54) is 29.2 Å². The van der Waals surface area contributed by atoms with Crippen LogP contribution in [0.15, 0.2) is 103 Å². The van der Waals surface area contributed by atoms with E-state index in [0.717, 1.165) is 22.3 Å². The second-order valence-corrected chi connectivity index (χ2v) is 8.54. The van der Waals surface area contributed by atoms with Gasteiger partial charge in [0.15, 0.2) is 0 Å². The monoisotopic (exact) mass is 421 g/mol. The number of nitrogens with zero attached hydrogens (tertiary/aromatic N) is 1. The lowest BCUT2D eigenvalue weighted by atomic mass is 9.85. The molecule has 3 aromatic carbocycles. The van der Waals surface area contributed by atoms with Gasteiger partial charge in [-0.05, 0) is 46.5 Å². The van der Waals surface area contributed by atoms with Crippen LogP contribution in [0.25, 0.3) is 5.57 Å². The highest BCUT2D eigenvalue weighted by molar-refractivity contribution is 6.23. The summed E-state index contributed by atoms with van der Waals surface area (Å²) in [5.41, 5.74) is 4.87. The quantitative estimate of drug-likeness (QED) is 0.428. The van der Waals surface area contributed by atoms with Gasteiger partial charge in [0.2, 0.25) is 11.8 Å². The van der Waals surface area contributed by atoms with Crippen molar-refractivity contribution in [1.29, 1.82) is 0 Å². The molecular formula is C28H20FNO2. The average Bonchev–Trinajstić information content (AvgIpc) is 3.46. The fourth-order valence-electron chi connectivity index (χ4n) is 5.65. The predicted octanol–water partition coefficient (Wildman–Crippen LogP) is 5.25. The van der Waals surface area contributed by atoms with Crippen LogP contribution in [0.5, 0.6) is 0 Å². The van der Waals surface area contributed by atoms with Crippen LogP contribution in [0.1, 0.15) is 11.1 Å². The molecule has 156 valence electrons. The molecule has 1 saturated heterocycles. The van der Waals surface area contributed by atoms with Gasteiger partial charge in [0.1, 0.15) is 5.82 Å². The summed E-state index contributed by atoms with van der Waals surface area (Å²) in [6, 6.07) is 25.9. The Bertz CT molecular complexity index is 1200. The van der Waals surface area contributed by atoms with Crippen molar-refractivity contribution in [1.82, 2.24) is 0 Å². The zero-order chi connectivity index (χ0) is 21.8. The Kier molecular flexibility index (Phi) is 4.22. The minimum Gasteiger partial charge on any atom is -0.274 e. The lowest BCUT2D eigenvalue weighted by Gasteiger charge is -2.21. The molecule has 3 nitrogen and oxygen atoms in total. The number of anilines is 1. The van der Waals surface area contributed by atoms with Crippen LogP contribution in [0.2, 0.25) is 0 Å². The van der Waals surface area contributed by atoms with Crippen molar-refractivity contribution in [3.8, 4) is 0 Å². The fourth-order valence-corrected chi connectivity index (χ4v) is 5.65. The smallest absolute Gasteiger partial charge is 0.238 e. The van der Waals surface area contributed by atoms with Gasteiger partial charge in [-0.1, -0.05) is 72.8 Å². The lowest BCUT2D eigenvalue weighted by Crippen LogP contribution is -2.33. The molecule has 4 atom stereocenters. The highest BCUT2D eigenvalue weighted by Gasteiger charge is 2.62. The zero-order valence-electron chi connectivity index (χ0n) is 17.2. The number of fused-ring (bicyclic) bond motifs is 5. The zero-order valence-corrected chi connectivity index (χ0v) is 17.2. The molecule has 1 saturated carbocycles. The normalized spacial score (nSPS) is 25.5. The van der Waals surface area contributed by atoms with Crippen molar-refractivity contribution >= 4 is 23.1 Å². The van der Waals surface area contributed by atoms with Gasteiger partial charge in [-0.2, -0.15) is 0 Å². The summed E-state index contributed by atoms with van der Waals surface area (Å²) >= 11 is 0. The summed E-state index contributed by atoms with van der Waals surface area (Å²) in [7, 11) is 0. The van der Waals surface area contributed by atoms with Gasteiger partial charge in [-0.15, -0.1) is 0 Å². The van der Waals surface area contributed by atoms with E-state index in [0.29, 0.717) is 5.69 Å². The summed E-state index contributed by atoms with van der Waals surface area (Å²) < 4.78 is 13.4. The second kappa shape index (κ2) is 7.13. The van der Waals surface area contributed by atoms with Crippen molar-refractivity contribution < 1.29 is 14.0 Å². The molecule has 0 spiro atoms. The number of halogens is 1. The molecule has 2 fully saturated rings. The molecule has 0 aromatic heterocycles. The van der Waals surface area contributed by atoms with E-state index in [1.54, 1.807) is 0 Å². The molecule has 2 aliphatic carbocycles. The third-order valence-electron chi connectivity index (χ3n) is 6.91. The number of allylic oxidation sites excluding steroid dienone is 3. The highest BCUT2D eigenvalue weighted by atomic mass is 19.1. The van der Waals surface area contributed by atoms with Gasteiger partial charge in [-0.3, -0.25) is 9.59 Å². The number of hydrogen-bond donors (Lipinski definition) is 0. The summed E-state index contributed by atoms with van der Waals surface area (Å²) in [6.07, 6.45) is 4.18. The molecule has 0 N–H and O–H groups in total. The summed E-state index contributed by atoms with van der Waals surface area (Å²) in [5.74, 6) is -1.86.